The van der Waals surface area contributed by atoms with Gasteiger partial charge in [0.2, 0.25) is 5.60 Å². The maximum absolute atomic E-state index is 13.5. The molecule has 0 N–H and O–H groups in total. The number of hydrogen-bond donors (Lipinski definition) is 0. The predicted octanol–water partition coefficient (Wildman–Crippen LogP) is 2.79. The molecule has 0 aromatic heterocycles. The maximum Gasteiger partial charge on any atom is 0.381 e. The second kappa shape index (κ2) is 5.59. The zero-order valence-corrected chi connectivity index (χ0v) is 11.8. The molecule has 1 aliphatic rings. The Labute approximate surface area is 120 Å². The summed E-state index contributed by atoms with van der Waals surface area (Å²) in [6, 6.07) is 3.43. The third kappa shape index (κ3) is 3.07. The Morgan fingerprint density at radius 1 is 1.43 bits per heavy atom. The van der Waals surface area contributed by atoms with E-state index >= 15 is 0 Å². The molecule has 0 amide bonds. The minimum absolute atomic E-state index is 0.0850. The van der Waals surface area contributed by atoms with Crippen molar-refractivity contribution >= 4 is 17.4 Å². The highest BCUT2D eigenvalue weighted by molar-refractivity contribution is 5.99. The SMILES string of the molecule is CC1=NOC(C)(C(=O)O/N=C(\C)c2c(F)cccc2F)C1. The molecule has 1 aromatic rings. The van der Waals surface area contributed by atoms with Crippen molar-refractivity contribution in [2.75, 3.05) is 0 Å². The van der Waals surface area contributed by atoms with Gasteiger partial charge < -0.3 is 9.68 Å². The van der Waals surface area contributed by atoms with Crippen molar-refractivity contribution in [3.63, 3.8) is 0 Å². The minimum Gasteiger partial charge on any atom is -0.377 e. The van der Waals surface area contributed by atoms with Crippen LogP contribution in [0, 0.1) is 11.6 Å². The quantitative estimate of drug-likeness (QED) is 0.489. The highest BCUT2D eigenvalue weighted by atomic mass is 19.1. The first kappa shape index (κ1) is 15.1. The van der Waals surface area contributed by atoms with E-state index in [9.17, 15) is 13.6 Å². The van der Waals surface area contributed by atoms with E-state index in [4.69, 9.17) is 9.68 Å². The average Bonchev–Trinajstić information content (AvgIpc) is 2.77. The molecule has 0 aliphatic carbocycles. The van der Waals surface area contributed by atoms with E-state index in [2.05, 4.69) is 10.3 Å². The Morgan fingerprint density at radius 3 is 2.57 bits per heavy atom. The topological polar surface area (TPSA) is 60.2 Å². The van der Waals surface area contributed by atoms with Gasteiger partial charge >= 0.3 is 5.97 Å². The molecule has 1 heterocycles. The first-order valence-electron chi connectivity index (χ1n) is 6.25. The molecule has 5 nitrogen and oxygen atoms in total. The van der Waals surface area contributed by atoms with Gasteiger partial charge in [0.1, 0.15) is 11.6 Å². The molecule has 2 rings (SSSR count). The highest BCUT2D eigenvalue weighted by Gasteiger charge is 2.43. The van der Waals surface area contributed by atoms with Crippen LogP contribution in [0.2, 0.25) is 0 Å². The van der Waals surface area contributed by atoms with Gasteiger partial charge in [0.05, 0.1) is 17.0 Å². The number of benzene rings is 1. The normalized spacial score (nSPS) is 21.8. The lowest BCUT2D eigenvalue weighted by Gasteiger charge is -2.16. The van der Waals surface area contributed by atoms with Crippen LogP contribution < -0.4 is 0 Å². The van der Waals surface area contributed by atoms with Gasteiger partial charge in [-0.3, -0.25) is 0 Å². The van der Waals surface area contributed by atoms with Crippen LogP contribution in [-0.4, -0.2) is 23.0 Å². The number of hydrogen-bond acceptors (Lipinski definition) is 5. The van der Waals surface area contributed by atoms with Crippen molar-refractivity contribution in [3.05, 3.63) is 35.4 Å². The average molecular weight is 296 g/mol. The Kier molecular flexibility index (Phi) is 4.02. The highest BCUT2D eigenvalue weighted by Crippen LogP contribution is 2.25. The zero-order valence-electron chi connectivity index (χ0n) is 11.8. The second-order valence-electron chi connectivity index (χ2n) is 4.98. The van der Waals surface area contributed by atoms with Crippen LogP contribution in [0.15, 0.2) is 28.5 Å². The lowest BCUT2D eigenvalue weighted by molar-refractivity contribution is -0.167. The summed E-state index contributed by atoms with van der Waals surface area (Å²) in [6.07, 6.45) is 0.272. The molecule has 0 bridgehead atoms. The summed E-state index contributed by atoms with van der Waals surface area (Å²) in [5.41, 5.74) is -1.04. The molecular weight excluding hydrogens is 282 g/mol. The van der Waals surface area contributed by atoms with Crippen molar-refractivity contribution in [2.24, 2.45) is 10.3 Å². The number of nitrogens with zero attached hydrogens (tertiary/aromatic N) is 2. The molecule has 1 unspecified atom stereocenters. The number of rotatable bonds is 3. The lowest BCUT2D eigenvalue weighted by atomic mass is 10.0. The second-order valence-corrected chi connectivity index (χ2v) is 4.98. The van der Waals surface area contributed by atoms with E-state index in [0.29, 0.717) is 5.71 Å². The van der Waals surface area contributed by atoms with Gasteiger partial charge in [-0.25, -0.2) is 13.6 Å². The van der Waals surface area contributed by atoms with Crippen molar-refractivity contribution in [3.8, 4) is 0 Å². The van der Waals surface area contributed by atoms with Gasteiger partial charge in [-0.2, -0.15) is 0 Å². The molecule has 21 heavy (non-hydrogen) atoms. The third-order valence-corrected chi connectivity index (χ3v) is 3.02. The lowest BCUT2D eigenvalue weighted by Crippen LogP contribution is -2.36. The summed E-state index contributed by atoms with van der Waals surface area (Å²) in [4.78, 5) is 21.6. The van der Waals surface area contributed by atoms with Crippen LogP contribution in [0.25, 0.3) is 0 Å². The van der Waals surface area contributed by atoms with Crippen LogP contribution in [0.1, 0.15) is 32.8 Å². The largest absolute Gasteiger partial charge is 0.381 e. The number of oxime groups is 2. The number of halogens is 2. The summed E-state index contributed by atoms with van der Waals surface area (Å²) >= 11 is 0. The smallest absolute Gasteiger partial charge is 0.377 e. The third-order valence-electron chi connectivity index (χ3n) is 3.02. The fraction of sp³-hybridized carbons (Fsp3) is 0.357. The molecule has 1 aromatic carbocycles. The molecule has 0 saturated carbocycles. The molecule has 112 valence electrons. The minimum atomic E-state index is -1.26. The van der Waals surface area contributed by atoms with Crippen LogP contribution in [-0.2, 0) is 14.5 Å². The molecular formula is C14H14F2N2O3. The zero-order chi connectivity index (χ0) is 15.6. The van der Waals surface area contributed by atoms with Crippen LogP contribution >= 0.6 is 0 Å². The Balaban J connectivity index is 2.13. The molecule has 7 heteroatoms. The molecule has 0 fully saturated rings. The van der Waals surface area contributed by atoms with Crippen molar-refractivity contribution in [2.45, 2.75) is 32.8 Å². The van der Waals surface area contributed by atoms with E-state index in [1.54, 1.807) is 6.92 Å². The van der Waals surface area contributed by atoms with Crippen LogP contribution in [0.4, 0.5) is 8.78 Å². The van der Waals surface area contributed by atoms with Crippen molar-refractivity contribution in [1.82, 2.24) is 0 Å². The van der Waals surface area contributed by atoms with Crippen molar-refractivity contribution in [1.29, 1.82) is 0 Å². The van der Waals surface area contributed by atoms with Gasteiger partial charge in [-0.05, 0) is 32.9 Å². The predicted molar refractivity (Wildman–Crippen MR) is 71.9 cm³/mol. The van der Waals surface area contributed by atoms with Gasteiger partial charge in [-0.15, -0.1) is 0 Å². The molecule has 0 spiro atoms. The first-order chi connectivity index (χ1) is 9.83. The Morgan fingerprint density at radius 2 is 2.05 bits per heavy atom. The standard InChI is InChI=1S/C14H14F2N2O3/c1-8-7-14(3,21-17-8)13(19)20-18-9(2)12-10(15)5-4-6-11(12)16/h4-6H,7H2,1-3H3/b18-9+. The fourth-order valence-corrected chi connectivity index (χ4v) is 1.94. The summed E-state index contributed by atoms with van der Waals surface area (Å²) < 4.78 is 27.1. The monoisotopic (exact) mass is 296 g/mol. The molecule has 1 aliphatic heterocycles. The van der Waals surface area contributed by atoms with E-state index in [1.807, 2.05) is 0 Å². The summed E-state index contributed by atoms with van der Waals surface area (Å²) in [7, 11) is 0. The Hall–Kier alpha value is -2.31. The first-order valence-corrected chi connectivity index (χ1v) is 6.25. The molecule has 1 atom stereocenters. The van der Waals surface area contributed by atoms with E-state index < -0.39 is 23.2 Å². The van der Waals surface area contributed by atoms with Gasteiger partial charge in [-0.1, -0.05) is 16.4 Å². The van der Waals surface area contributed by atoms with Gasteiger partial charge in [0.15, 0.2) is 0 Å². The van der Waals surface area contributed by atoms with E-state index in [-0.39, 0.29) is 17.7 Å². The maximum atomic E-state index is 13.5. The van der Waals surface area contributed by atoms with Gasteiger partial charge in [0.25, 0.3) is 0 Å². The Bertz CT molecular complexity index is 623. The summed E-state index contributed by atoms with van der Waals surface area (Å²) in [5, 5.41) is 7.16. The summed E-state index contributed by atoms with van der Waals surface area (Å²) in [5.74, 6) is -2.34. The fourth-order valence-electron chi connectivity index (χ4n) is 1.94. The van der Waals surface area contributed by atoms with E-state index in [0.717, 1.165) is 12.1 Å². The number of carbonyl (C=O) groups excluding carboxylic acids is 1. The molecule has 0 radical (unpaired) electrons. The molecule has 0 saturated heterocycles. The van der Waals surface area contributed by atoms with E-state index in [1.165, 1.54) is 19.9 Å². The summed E-state index contributed by atoms with van der Waals surface area (Å²) in [6.45, 7) is 4.56. The van der Waals surface area contributed by atoms with Crippen molar-refractivity contribution < 1.29 is 23.3 Å². The van der Waals surface area contributed by atoms with Crippen LogP contribution in [0.3, 0.4) is 0 Å². The van der Waals surface area contributed by atoms with Gasteiger partial charge in [0, 0.05) is 6.42 Å². The number of carbonyl (C=O) groups is 1. The van der Waals surface area contributed by atoms with Crippen LogP contribution in [0.5, 0.6) is 0 Å².